The summed E-state index contributed by atoms with van der Waals surface area (Å²) in [7, 11) is 0. The molecule has 1 rings (SSSR count). The number of nitrogens with zero attached hydrogens (tertiary/aromatic N) is 2. The molecule has 1 heterocycles. The third kappa shape index (κ3) is 3.37. The third-order valence-electron chi connectivity index (χ3n) is 3.29. The Labute approximate surface area is 98.8 Å². The van der Waals surface area contributed by atoms with Gasteiger partial charge in [0.15, 0.2) is 0 Å². The number of nitrogens with two attached hydrogens (primary N) is 1. The largest absolute Gasteiger partial charge is 0.329 e. The van der Waals surface area contributed by atoms with Gasteiger partial charge in [0.2, 0.25) is 0 Å². The van der Waals surface area contributed by atoms with Crippen LogP contribution in [0.1, 0.15) is 33.6 Å². The zero-order valence-corrected chi connectivity index (χ0v) is 10.8. The fourth-order valence-corrected chi connectivity index (χ4v) is 2.10. The van der Waals surface area contributed by atoms with Gasteiger partial charge in [-0.25, -0.2) is 4.79 Å². The average Bonchev–Trinajstić information content (AvgIpc) is 2.25. The lowest BCUT2D eigenvalue weighted by molar-refractivity contribution is 0.125. The molecule has 0 bridgehead atoms. The van der Waals surface area contributed by atoms with Gasteiger partial charge in [0.05, 0.1) is 0 Å². The summed E-state index contributed by atoms with van der Waals surface area (Å²) in [6.07, 6.45) is 2.25. The Morgan fingerprint density at radius 2 is 2.00 bits per heavy atom. The maximum atomic E-state index is 12.2. The van der Waals surface area contributed by atoms with E-state index in [9.17, 15) is 4.79 Å². The maximum Gasteiger partial charge on any atom is 0.320 e. The molecule has 4 heteroatoms. The average molecular weight is 227 g/mol. The van der Waals surface area contributed by atoms with Gasteiger partial charge in [0.1, 0.15) is 0 Å². The summed E-state index contributed by atoms with van der Waals surface area (Å²) in [4.78, 5) is 16.1. The molecule has 2 amide bonds. The van der Waals surface area contributed by atoms with E-state index >= 15 is 0 Å². The smallest absolute Gasteiger partial charge is 0.320 e. The van der Waals surface area contributed by atoms with Crippen LogP contribution in [0.4, 0.5) is 4.79 Å². The van der Waals surface area contributed by atoms with Crippen LogP contribution in [0.15, 0.2) is 0 Å². The van der Waals surface area contributed by atoms with Crippen molar-refractivity contribution in [1.29, 1.82) is 0 Å². The van der Waals surface area contributed by atoms with Crippen molar-refractivity contribution < 1.29 is 4.79 Å². The van der Waals surface area contributed by atoms with E-state index < -0.39 is 0 Å². The van der Waals surface area contributed by atoms with Crippen LogP contribution in [-0.4, -0.2) is 48.1 Å². The summed E-state index contributed by atoms with van der Waals surface area (Å²) in [5.41, 5.74) is 5.54. The maximum absolute atomic E-state index is 12.2. The van der Waals surface area contributed by atoms with Crippen molar-refractivity contribution in [1.82, 2.24) is 9.80 Å². The first-order valence-corrected chi connectivity index (χ1v) is 6.32. The summed E-state index contributed by atoms with van der Waals surface area (Å²) < 4.78 is 0. The number of piperidine rings is 1. The van der Waals surface area contributed by atoms with Crippen LogP contribution in [0.25, 0.3) is 0 Å². The highest BCUT2D eigenvalue weighted by Gasteiger charge is 2.25. The van der Waals surface area contributed by atoms with E-state index in [-0.39, 0.29) is 12.1 Å². The van der Waals surface area contributed by atoms with Crippen LogP contribution >= 0.6 is 0 Å². The SMILES string of the molecule is CC1CCN(C(=O)N(CCN)C(C)C)CC1. The van der Waals surface area contributed by atoms with Crippen LogP contribution in [0, 0.1) is 5.92 Å². The predicted molar refractivity (Wildman–Crippen MR) is 66.3 cm³/mol. The quantitative estimate of drug-likeness (QED) is 0.794. The number of likely N-dealkylation sites (tertiary alicyclic amines) is 1. The minimum atomic E-state index is 0.160. The molecule has 0 aromatic rings. The molecule has 0 atom stereocenters. The molecule has 0 aliphatic carbocycles. The standard InChI is InChI=1S/C12H25N3O/c1-10(2)15(9-6-13)12(16)14-7-4-11(3)5-8-14/h10-11H,4-9,13H2,1-3H3. The van der Waals surface area contributed by atoms with Crippen LogP contribution in [0.3, 0.4) is 0 Å². The van der Waals surface area contributed by atoms with Crippen LogP contribution in [0.2, 0.25) is 0 Å². The van der Waals surface area contributed by atoms with Gasteiger partial charge in [-0.05, 0) is 32.6 Å². The van der Waals surface area contributed by atoms with E-state index in [1.54, 1.807) is 0 Å². The van der Waals surface area contributed by atoms with Gasteiger partial charge in [0, 0.05) is 32.2 Å². The van der Waals surface area contributed by atoms with Crippen molar-refractivity contribution in [3.63, 3.8) is 0 Å². The Morgan fingerprint density at radius 1 is 1.44 bits per heavy atom. The van der Waals surface area contributed by atoms with Crippen molar-refractivity contribution in [2.45, 2.75) is 39.7 Å². The molecule has 1 saturated heterocycles. The lowest BCUT2D eigenvalue weighted by Gasteiger charge is -2.36. The molecule has 0 aromatic carbocycles. The summed E-state index contributed by atoms with van der Waals surface area (Å²) in [5, 5.41) is 0. The van der Waals surface area contributed by atoms with Crippen molar-refractivity contribution in [3.05, 3.63) is 0 Å². The lowest BCUT2D eigenvalue weighted by Crippen LogP contribution is -2.50. The number of carbonyl (C=O) groups excluding carboxylic acids is 1. The molecule has 4 nitrogen and oxygen atoms in total. The van der Waals surface area contributed by atoms with Crippen molar-refractivity contribution in [2.24, 2.45) is 11.7 Å². The number of urea groups is 1. The van der Waals surface area contributed by atoms with E-state index in [1.165, 1.54) is 0 Å². The highest BCUT2D eigenvalue weighted by molar-refractivity contribution is 5.74. The predicted octanol–water partition coefficient (Wildman–Crippen LogP) is 1.51. The van der Waals surface area contributed by atoms with Gasteiger partial charge in [-0.15, -0.1) is 0 Å². The van der Waals surface area contributed by atoms with Gasteiger partial charge in [0.25, 0.3) is 0 Å². The zero-order valence-electron chi connectivity index (χ0n) is 10.8. The highest BCUT2D eigenvalue weighted by Crippen LogP contribution is 2.17. The molecule has 1 aliphatic heterocycles. The van der Waals surface area contributed by atoms with Gasteiger partial charge < -0.3 is 15.5 Å². The second-order valence-electron chi connectivity index (χ2n) is 5.03. The second-order valence-corrected chi connectivity index (χ2v) is 5.03. The van der Waals surface area contributed by atoms with Gasteiger partial charge in [-0.1, -0.05) is 6.92 Å². The normalized spacial score (nSPS) is 17.9. The summed E-state index contributed by atoms with van der Waals surface area (Å²) in [5.74, 6) is 0.756. The fraction of sp³-hybridized carbons (Fsp3) is 0.917. The van der Waals surface area contributed by atoms with E-state index in [0.29, 0.717) is 13.1 Å². The second kappa shape index (κ2) is 6.09. The van der Waals surface area contributed by atoms with E-state index in [1.807, 2.05) is 23.6 Å². The molecule has 1 aliphatic rings. The monoisotopic (exact) mass is 227 g/mol. The Kier molecular flexibility index (Phi) is 5.06. The summed E-state index contributed by atoms with van der Waals surface area (Å²) in [6.45, 7) is 9.32. The minimum absolute atomic E-state index is 0.160. The van der Waals surface area contributed by atoms with E-state index in [0.717, 1.165) is 31.8 Å². The number of carbonyl (C=O) groups is 1. The molecule has 0 saturated carbocycles. The molecular formula is C12H25N3O. The Bertz CT molecular complexity index is 222. The molecule has 2 N–H and O–H groups in total. The van der Waals surface area contributed by atoms with Gasteiger partial charge in [-0.3, -0.25) is 0 Å². The summed E-state index contributed by atoms with van der Waals surface area (Å²) in [6, 6.07) is 0.391. The Balaban J connectivity index is 2.53. The van der Waals surface area contributed by atoms with E-state index in [4.69, 9.17) is 5.73 Å². The summed E-state index contributed by atoms with van der Waals surface area (Å²) >= 11 is 0. The first kappa shape index (κ1) is 13.3. The van der Waals surface area contributed by atoms with Crippen molar-refractivity contribution in [2.75, 3.05) is 26.2 Å². The lowest BCUT2D eigenvalue weighted by atomic mass is 9.99. The van der Waals surface area contributed by atoms with Crippen molar-refractivity contribution in [3.8, 4) is 0 Å². The van der Waals surface area contributed by atoms with E-state index in [2.05, 4.69) is 6.92 Å². The third-order valence-corrected chi connectivity index (χ3v) is 3.29. The van der Waals surface area contributed by atoms with Crippen molar-refractivity contribution >= 4 is 6.03 Å². The molecule has 0 unspecified atom stereocenters. The van der Waals surface area contributed by atoms with Crippen LogP contribution in [0.5, 0.6) is 0 Å². The fourth-order valence-electron chi connectivity index (χ4n) is 2.10. The molecule has 0 radical (unpaired) electrons. The number of rotatable bonds is 3. The number of hydrogen-bond acceptors (Lipinski definition) is 2. The topological polar surface area (TPSA) is 49.6 Å². The zero-order chi connectivity index (χ0) is 12.1. The first-order valence-electron chi connectivity index (χ1n) is 6.32. The Morgan fingerprint density at radius 3 is 2.44 bits per heavy atom. The number of hydrogen-bond donors (Lipinski definition) is 1. The molecular weight excluding hydrogens is 202 g/mol. The first-order chi connectivity index (χ1) is 7.56. The molecule has 94 valence electrons. The molecule has 0 spiro atoms. The molecule has 16 heavy (non-hydrogen) atoms. The molecule has 0 aromatic heterocycles. The Hall–Kier alpha value is -0.770. The number of amides is 2. The minimum Gasteiger partial charge on any atom is -0.329 e. The van der Waals surface area contributed by atoms with Crippen LogP contribution < -0.4 is 5.73 Å². The molecule has 1 fully saturated rings. The highest BCUT2D eigenvalue weighted by atomic mass is 16.2. The van der Waals surface area contributed by atoms with Gasteiger partial charge in [-0.2, -0.15) is 0 Å². The van der Waals surface area contributed by atoms with Gasteiger partial charge >= 0.3 is 6.03 Å². The van der Waals surface area contributed by atoms with Crippen LogP contribution in [-0.2, 0) is 0 Å².